The van der Waals surface area contributed by atoms with E-state index in [0.717, 1.165) is 0 Å². The van der Waals surface area contributed by atoms with Crippen LogP contribution in [0, 0.1) is 0 Å². The molecule has 0 radical (unpaired) electrons. The fourth-order valence-corrected chi connectivity index (χ4v) is 7.63. The van der Waals surface area contributed by atoms with E-state index < -0.39 is 0 Å². The van der Waals surface area contributed by atoms with Crippen LogP contribution in [-0.4, -0.2) is 14.5 Å². The van der Waals surface area contributed by atoms with Crippen molar-refractivity contribution in [2.75, 3.05) is 0 Å². The third-order valence-corrected chi connectivity index (χ3v) is 9.49. The normalized spacial score (nSPS) is 11.9. The molecule has 0 atom stereocenters. The number of hydrogen-bond donors (Lipinski definition) is 0. The molecular weight excluding hydrogens is 463 g/mol. The van der Waals surface area contributed by atoms with Crippen molar-refractivity contribution in [1.29, 1.82) is 0 Å². The van der Waals surface area contributed by atoms with Gasteiger partial charge in [-0.25, -0.2) is 0 Å². The van der Waals surface area contributed by atoms with E-state index in [-0.39, 0.29) is 0 Å². The molecule has 1 heteroatoms. The van der Waals surface area contributed by atoms with Crippen LogP contribution in [0.25, 0.3) is 40.8 Å². The molecule has 0 fully saturated rings. The Morgan fingerprint density at radius 1 is 0.485 bits per heavy atom. The summed E-state index contributed by atoms with van der Waals surface area (Å²) in [4.78, 5) is 0. The van der Waals surface area contributed by atoms with Crippen molar-refractivity contribution in [2.45, 2.75) is 78.1 Å². The molecule has 0 unspecified atom stereocenters. The van der Waals surface area contributed by atoms with Crippen molar-refractivity contribution in [3.63, 3.8) is 0 Å². The Morgan fingerprint density at radius 3 is 1.42 bits per heavy atom. The number of benzene rings is 4. The Labute approximate surface area is 204 Å². The Hall–Kier alpha value is -2.08. The Bertz CT molecular complexity index is 1280. The van der Waals surface area contributed by atoms with E-state index in [1.165, 1.54) is 108 Å². The molecule has 0 aliphatic heterocycles. The zero-order valence-corrected chi connectivity index (χ0v) is 22.0. The fourth-order valence-electron chi connectivity index (χ4n) is 5.18. The summed E-state index contributed by atoms with van der Waals surface area (Å²) >= 11 is 0.407. The molecule has 170 valence electrons. The van der Waals surface area contributed by atoms with E-state index in [9.17, 15) is 0 Å². The number of hydrogen-bond acceptors (Lipinski definition) is 0. The van der Waals surface area contributed by atoms with Gasteiger partial charge in [-0.15, -0.1) is 0 Å². The minimum absolute atomic E-state index is 0.407. The average Bonchev–Trinajstić information content (AvgIpc) is 3.17. The van der Waals surface area contributed by atoms with Gasteiger partial charge in [-0.05, 0) is 0 Å². The maximum absolute atomic E-state index is 2.48. The van der Waals surface area contributed by atoms with Crippen LogP contribution in [0.2, 0.25) is 0 Å². The molecule has 0 spiro atoms. The zero-order valence-electron chi connectivity index (χ0n) is 20.3. The van der Waals surface area contributed by atoms with E-state index in [1.807, 2.05) is 0 Å². The Kier molecular flexibility index (Phi) is 7.19. The fraction of sp³-hybridized carbons (Fsp3) is 0.375. The second-order valence-corrected chi connectivity index (χ2v) is 12.1. The van der Waals surface area contributed by atoms with Crippen LogP contribution >= 0.6 is 0 Å². The standard InChI is InChI=1S/C32H36Se/c1-3-5-7-9-11-23-13-15-25-21-31-29(19-27(25)17-23)30-20-28-18-24(12-10-8-6-4-2)14-16-26(28)22-32(30)33-31/h13-22H,3-12H2,1-2H3. The van der Waals surface area contributed by atoms with E-state index >= 15 is 0 Å². The van der Waals surface area contributed by atoms with Gasteiger partial charge in [-0.1, -0.05) is 0 Å². The van der Waals surface area contributed by atoms with E-state index in [4.69, 9.17) is 0 Å². The first kappa shape index (κ1) is 22.7. The third kappa shape index (κ3) is 5.06. The SMILES string of the molecule is CCCCCCc1ccc2cc3[se]c4cc5ccc(CCCCCC)cc5cc4c3cc2c1. The van der Waals surface area contributed by atoms with Gasteiger partial charge in [0.15, 0.2) is 0 Å². The first-order valence-electron chi connectivity index (χ1n) is 13.1. The van der Waals surface area contributed by atoms with Crippen molar-refractivity contribution in [3.8, 4) is 0 Å². The maximum atomic E-state index is 2.48. The van der Waals surface area contributed by atoms with Gasteiger partial charge in [0.25, 0.3) is 0 Å². The molecule has 0 aliphatic carbocycles. The van der Waals surface area contributed by atoms with Gasteiger partial charge in [0.2, 0.25) is 0 Å². The molecule has 0 aliphatic rings. The van der Waals surface area contributed by atoms with Crippen LogP contribution < -0.4 is 0 Å². The van der Waals surface area contributed by atoms with Gasteiger partial charge in [-0.3, -0.25) is 0 Å². The van der Waals surface area contributed by atoms with Crippen LogP contribution in [0.4, 0.5) is 0 Å². The molecule has 0 nitrogen and oxygen atoms in total. The molecule has 0 amide bonds. The number of rotatable bonds is 10. The van der Waals surface area contributed by atoms with Crippen molar-refractivity contribution in [2.24, 2.45) is 0 Å². The number of unbranched alkanes of at least 4 members (excludes halogenated alkanes) is 6. The third-order valence-electron chi connectivity index (χ3n) is 7.15. The van der Waals surface area contributed by atoms with E-state index in [1.54, 1.807) is 8.52 Å². The molecule has 0 saturated heterocycles. The summed E-state index contributed by atoms with van der Waals surface area (Å²) in [5.41, 5.74) is 2.99. The van der Waals surface area contributed by atoms with Crippen LogP contribution in [0.1, 0.15) is 76.3 Å². The van der Waals surface area contributed by atoms with Crippen molar-refractivity contribution >= 4 is 55.3 Å². The molecular formula is C32H36Se. The quantitative estimate of drug-likeness (QED) is 0.133. The van der Waals surface area contributed by atoms with E-state index in [0.29, 0.717) is 14.5 Å². The van der Waals surface area contributed by atoms with Gasteiger partial charge >= 0.3 is 205 Å². The van der Waals surface area contributed by atoms with Crippen LogP contribution in [-0.2, 0) is 12.8 Å². The minimum atomic E-state index is 0.407. The predicted molar refractivity (Wildman–Crippen MR) is 149 cm³/mol. The molecule has 5 rings (SSSR count). The molecule has 33 heavy (non-hydrogen) atoms. The molecule has 1 heterocycles. The second-order valence-electron chi connectivity index (χ2n) is 9.78. The summed E-state index contributed by atoms with van der Waals surface area (Å²) in [5, 5.41) is 8.59. The first-order chi connectivity index (χ1) is 16.2. The summed E-state index contributed by atoms with van der Waals surface area (Å²) in [6.07, 6.45) is 13.1. The molecule has 0 saturated carbocycles. The Balaban J connectivity index is 1.49. The van der Waals surface area contributed by atoms with Crippen LogP contribution in [0.3, 0.4) is 0 Å². The monoisotopic (exact) mass is 500 g/mol. The molecule has 5 aromatic rings. The van der Waals surface area contributed by atoms with Gasteiger partial charge in [0.1, 0.15) is 0 Å². The molecule has 0 bridgehead atoms. The van der Waals surface area contributed by atoms with Crippen LogP contribution in [0.5, 0.6) is 0 Å². The van der Waals surface area contributed by atoms with Crippen molar-refractivity contribution < 1.29 is 0 Å². The van der Waals surface area contributed by atoms with Gasteiger partial charge < -0.3 is 0 Å². The van der Waals surface area contributed by atoms with Crippen molar-refractivity contribution in [3.05, 3.63) is 71.8 Å². The first-order valence-corrected chi connectivity index (χ1v) is 14.8. The second kappa shape index (κ2) is 10.5. The average molecular weight is 500 g/mol. The summed E-state index contributed by atoms with van der Waals surface area (Å²) in [7, 11) is 0. The Morgan fingerprint density at radius 2 is 0.970 bits per heavy atom. The summed E-state index contributed by atoms with van der Waals surface area (Å²) in [5.74, 6) is 0. The molecule has 1 aromatic heterocycles. The molecule has 4 aromatic carbocycles. The van der Waals surface area contributed by atoms with Gasteiger partial charge in [0.05, 0.1) is 0 Å². The molecule has 0 N–H and O–H groups in total. The van der Waals surface area contributed by atoms with Crippen LogP contribution in [0.15, 0.2) is 60.7 Å². The predicted octanol–water partition coefficient (Wildman–Crippen LogP) is 9.60. The van der Waals surface area contributed by atoms with Crippen molar-refractivity contribution in [1.82, 2.24) is 0 Å². The summed E-state index contributed by atoms with van der Waals surface area (Å²) < 4.78 is 3.10. The van der Waals surface area contributed by atoms with Gasteiger partial charge in [0, 0.05) is 0 Å². The van der Waals surface area contributed by atoms with E-state index in [2.05, 4.69) is 74.5 Å². The summed E-state index contributed by atoms with van der Waals surface area (Å²) in [6.45, 7) is 4.57. The van der Waals surface area contributed by atoms with Gasteiger partial charge in [-0.2, -0.15) is 0 Å². The zero-order chi connectivity index (χ0) is 22.6. The number of aryl methyl sites for hydroxylation is 2. The number of fused-ring (bicyclic) bond motifs is 5. The topological polar surface area (TPSA) is 0 Å². The summed E-state index contributed by atoms with van der Waals surface area (Å²) in [6, 6.07) is 24.2.